The molecule has 0 aliphatic carbocycles. The highest BCUT2D eigenvalue weighted by atomic mass is 32.2. The number of hydrogen-bond acceptors (Lipinski definition) is 3. The van der Waals surface area contributed by atoms with Gasteiger partial charge in [-0.25, -0.2) is 13.1 Å². The fourth-order valence-corrected chi connectivity index (χ4v) is 3.54. The molecule has 2 N–H and O–H groups in total. The van der Waals surface area contributed by atoms with Crippen LogP contribution in [0, 0.1) is 0 Å². The van der Waals surface area contributed by atoms with Gasteiger partial charge in [-0.05, 0) is 45.0 Å². The van der Waals surface area contributed by atoms with E-state index >= 15 is 0 Å². The van der Waals surface area contributed by atoms with Crippen molar-refractivity contribution in [2.75, 3.05) is 7.05 Å². The molecule has 0 aromatic heterocycles. The summed E-state index contributed by atoms with van der Waals surface area (Å²) in [5, 5.41) is 3.12. The minimum Gasteiger partial charge on any atom is -0.313 e. The van der Waals surface area contributed by atoms with E-state index in [4.69, 9.17) is 0 Å². The summed E-state index contributed by atoms with van der Waals surface area (Å²) in [7, 11) is -1.58. The average molecular weight is 312 g/mol. The molecule has 2 atom stereocenters. The average Bonchev–Trinajstić information content (AvgIpc) is 2.46. The van der Waals surface area contributed by atoms with Crippen LogP contribution in [-0.2, 0) is 10.0 Å². The van der Waals surface area contributed by atoms with E-state index in [0.29, 0.717) is 4.90 Å². The van der Waals surface area contributed by atoms with Crippen molar-refractivity contribution in [2.24, 2.45) is 0 Å². The van der Waals surface area contributed by atoms with Crippen LogP contribution in [0.2, 0.25) is 0 Å². The van der Waals surface area contributed by atoms with E-state index in [1.54, 1.807) is 18.2 Å². The number of hydrogen-bond donors (Lipinski definition) is 2. The number of benzene rings is 1. The fourth-order valence-electron chi connectivity index (χ4n) is 2.21. The Kier molecular flexibility index (Phi) is 7.35. The van der Waals surface area contributed by atoms with Gasteiger partial charge in [-0.15, -0.1) is 0 Å². The van der Waals surface area contributed by atoms with Crippen molar-refractivity contribution in [3.05, 3.63) is 29.8 Å². The van der Waals surface area contributed by atoms with Crippen LogP contribution < -0.4 is 10.0 Å². The molecule has 1 rings (SSSR count). The molecule has 0 aliphatic heterocycles. The highest BCUT2D eigenvalue weighted by Crippen LogP contribution is 2.18. The predicted octanol–water partition coefficient (Wildman–Crippen LogP) is 3.21. The van der Waals surface area contributed by atoms with E-state index in [2.05, 4.69) is 17.0 Å². The van der Waals surface area contributed by atoms with Gasteiger partial charge >= 0.3 is 0 Å². The standard InChI is InChI=1S/C16H28N2O2S/c1-5-6-7-9-13(2)18-21(19,20)16-11-8-10-15(12-16)14(3)17-4/h8,10-14,17-18H,5-7,9H2,1-4H3. The Balaban J connectivity index is 2.78. The van der Waals surface area contributed by atoms with Crippen molar-refractivity contribution in [2.45, 2.75) is 63.4 Å². The summed E-state index contributed by atoms with van der Waals surface area (Å²) in [4.78, 5) is 0.337. The molecule has 21 heavy (non-hydrogen) atoms. The van der Waals surface area contributed by atoms with Crippen LogP contribution in [0.4, 0.5) is 0 Å². The molecule has 0 amide bonds. The molecule has 1 aromatic carbocycles. The lowest BCUT2D eigenvalue weighted by Gasteiger charge is -2.16. The van der Waals surface area contributed by atoms with Crippen LogP contribution in [0.1, 0.15) is 58.1 Å². The summed E-state index contributed by atoms with van der Waals surface area (Å²) >= 11 is 0. The van der Waals surface area contributed by atoms with Gasteiger partial charge in [0, 0.05) is 12.1 Å². The highest BCUT2D eigenvalue weighted by Gasteiger charge is 2.18. The Morgan fingerprint density at radius 1 is 1.19 bits per heavy atom. The molecule has 0 fully saturated rings. The molecule has 0 saturated carbocycles. The van der Waals surface area contributed by atoms with Crippen molar-refractivity contribution in [1.82, 2.24) is 10.0 Å². The maximum atomic E-state index is 12.4. The van der Waals surface area contributed by atoms with Crippen LogP contribution in [0.15, 0.2) is 29.2 Å². The molecule has 0 heterocycles. The number of unbranched alkanes of at least 4 members (excludes halogenated alkanes) is 2. The molecular formula is C16H28N2O2S. The molecule has 0 saturated heterocycles. The minimum atomic E-state index is -3.44. The zero-order valence-corrected chi connectivity index (χ0v) is 14.3. The molecule has 0 spiro atoms. The van der Waals surface area contributed by atoms with Crippen molar-refractivity contribution >= 4 is 10.0 Å². The highest BCUT2D eigenvalue weighted by molar-refractivity contribution is 7.89. The monoisotopic (exact) mass is 312 g/mol. The SMILES string of the molecule is CCCCCC(C)NS(=O)(=O)c1cccc(C(C)NC)c1. The van der Waals surface area contributed by atoms with Gasteiger partial charge in [0.15, 0.2) is 0 Å². The van der Waals surface area contributed by atoms with Crippen LogP contribution in [0.3, 0.4) is 0 Å². The quantitative estimate of drug-likeness (QED) is 0.688. The first kappa shape index (κ1) is 18.1. The number of rotatable bonds is 9. The van der Waals surface area contributed by atoms with Crippen LogP contribution in [-0.4, -0.2) is 21.5 Å². The third-order valence-electron chi connectivity index (χ3n) is 3.70. The zero-order valence-electron chi connectivity index (χ0n) is 13.5. The molecule has 0 radical (unpaired) electrons. The van der Waals surface area contributed by atoms with Gasteiger partial charge in [-0.1, -0.05) is 38.3 Å². The third kappa shape index (κ3) is 5.77. The van der Waals surface area contributed by atoms with Crippen molar-refractivity contribution in [3.63, 3.8) is 0 Å². The largest absolute Gasteiger partial charge is 0.313 e. The molecule has 0 bridgehead atoms. The summed E-state index contributed by atoms with van der Waals surface area (Å²) in [5.74, 6) is 0. The van der Waals surface area contributed by atoms with Gasteiger partial charge in [0.25, 0.3) is 0 Å². The second kappa shape index (κ2) is 8.51. The third-order valence-corrected chi connectivity index (χ3v) is 5.29. The van der Waals surface area contributed by atoms with Crippen molar-refractivity contribution in [1.29, 1.82) is 0 Å². The Morgan fingerprint density at radius 2 is 1.90 bits per heavy atom. The summed E-state index contributed by atoms with van der Waals surface area (Å²) < 4.78 is 27.6. The summed E-state index contributed by atoms with van der Waals surface area (Å²) in [6.45, 7) is 6.07. The maximum Gasteiger partial charge on any atom is 0.240 e. The van der Waals surface area contributed by atoms with E-state index < -0.39 is 10.0 Å². The van der Waals surface area contributed by atoms with E-state index in [0.717, 1.165) is 31.2 Å². The molecule has 2 unspecified atom stereocenters. The molecule has 4 nitrogen and oxygen atoms in total. The predicted molar refractivity (Wildman–Crippen MR) is 87.8 cm³/mol. The van der Waals surface area contributed by atoms with Gasteiger partial charge in [-0.3, -0.25) is 0 Å². The van der Waals surface area contributed by atoms with E-state index in [1.165, 1.54) is 0 Å². The topological polar surface area (TPSA) is 58.2 Å². The molecule has 0 aliphatic rings. The number of nitrogens with one attached hydrogen (secondary N) is 2. The van der Waals surface area contributed by atoms with Crippen molar-refractivity contribution in [3.8, 4) is 0 Å². The van der Waals surface area contributed by atoms with Gasteiger partial charge < -0.3 is 5.32 Å². The lowest BCUT2D eigenvalue weighted by molar-refractivity contribution is 0.527. The Hall–Kier alpha value is -0.910. The molecule has 5 heteroatoms. The van der Waals surface area contributed by atoms with E-state index in [-0.39, 0.29) is 12.1 Å². The molecular weight excluding hydrogens is 284 g/mol. The smallest absolute Gasteiger partial charge is 0.240 e. The summed E-state index contributed by atoms with van der Waals surface area (Å²) in [6, 6.07) is 7.20. The van der Waals surface area contributed by atoms with Gasteiger partial charge in [0.2, 0.25) is 10.0 Å². The first-order valence-electron chi connectivity index (χ1n) is 7.70. The lowest BCUT2D eigenvalue weighted by atomic mass is 10.1. The van der Waals surface area contributed by atoms with Crippen LogP contribution in [0.25, 0.3) is 0 Å². The molecule has 1 aromatic rings. The Labute approximate surface area is 129 Å². The van der Waals surface area contributed by atoms with E-state index in [9.17, 15) is 8.42 Å². The lowest BCUT2D eigenvalue weighted by Crippen LogP contribution is -2.32. The normalized spacial score (nSPS) is 14.9. The minimum absolute atomic E-state index is 0.0353. The molecule has 120 valence electrons. The second-order valence-corrected chi connectivity index (χ2v) is 7.31. The first-order chi connectivity index (χ1) is 9.90. The first-order valence-corrected chi connectivity index (χ1v) is 9.18. The Morgan fingerprint density at radius 3 is 2.52 bits per heavy atom. The fraction of sp³-hybridized carbons (Fsp3) is 0.625. The van der Waals surface area contributed by atoms with Gasteiger partial charge in [-0.2, -0.15) is 0 Å². The Bertz CT molecular complexity index is 529. The number of sulfonamides is 1. The summed E-state index contributed by atoms with van der Waals surface area (Å²) in [6.07, 6.45) is 4.21. The zero-order chi connectivity index (χ0) is 15.9. The van der Waals surface area contributed by atoms with E-state index in [1.807, 2.05) is 27.0 Å². The van der Waals surface area contributed by atoms with Crippen LogP contribution in [0.5, 0.6) is 0 Å². The summed E-state index contributed by atoms with van der Waals surface area (Å²) in [5.41, 5.74) is 0.971. The van der Waals surface area contributed by atoms with Gasteiger partial charge in [0.1, 0.15) is 0 Å². The van der Waals surface area contributed by atoms with Crippen LogP contribution >= 0.6 is 0 Å². The van der Waals surface area contributed by atoms with Crippen molar-refractivity contribution < 1.29 is 8.42 Å². The van der Waals surface area contributed by atoms with Gasteiger partial charge in [0.05, 0.1) is 4.90 Å². The maximum absolute atomic E-state index is 12.4. The second-order valence-electron chi connectivity index (χ2n) is 5.60.